The number of hydrogen-bond acceptors (Lipinski definition) is 4. The third-order valence-electron chi connectivity index (χ3n) is 0.762. The molecule has 0 aliphatic carbocycles. The lowest BCUT2D eigenvalue weighted by Gasteiger charge is -2.05. The fourth-order valence-corrected chi connectivity index (χ4v) is 1.07. The van der Waals surface area contributed by atoms with E-state index in [1.807, 2.05) is 0 Å². The first-order valence-corrected chi connectivity index (χ1v) is 4.19. The van der Waals surface area contributed by atoms with Crippen LogP contribution in [0.25, 0.3) is 0 Å². The van der Waals surface area contributed by atoms with Crippen LogP contribution < -0.4 is 0 Å². The van der Waals surface area contributed by atoms with Crippen molar-refractivity contribution in [2.24, 2.45) is 0 Å². The van der Waals surface area contributed by atoms with Gasteiger partial charge in [-0.05, 0) is 0 Å². The Morgan fingerprint density at radius 3 is 2.40 bits per heavy atom. The zero-order valence-electron chi connectivity index (χ0n) is 5.52. The van der Waals surface area contributed by atoms with E-state index in [0.717, 1.165) is 0 Å². The summed E-state index contributed by atoms with van der Waals surface area (Å²) >= 11 is 0. The Kier molecular flexibility index (Phi) is 3.80. The molecule has 0 amide bonds. The summed E-state index contributed by atoms with van der Waals surface area (Å²) in [5.74, 6) is -0.680. The molecule has 0 rings (SSSR count). The molecule has 0 saturated heterocycles. The van der Waals surface area contributed by atoms with Crippen LogP contribution in [-0.4, -0.2) is 43.7 Å². The van der Waals surface area contributed by atoms with Crippen LogP contribution in [0.15, 0.2) is 0 Å². The number of aliphatic hydroxyl groups is 1. The van der Waals surface area contributed by atoms with Gasteiger partial charge in [-0.3, -0.25) is 4.55 Å². The number of methoxy groups -OCH3 is 1. The third-order valence-corrected chi connectivity index (χ3v) is 1.57. The van der Waals surface area contributed by atoms with E-state index in [4.69, 9.17) is 9.66 Å². The average molecular weight is 170 g/mol. The van der Waals surface area contributed by atoms with E-state index < -0.39 is 22.0 Å². The summed E-state index contributed by atoms with van der Waals surface area (Å²) < 4.78 is 32.7. The van der Waals surface area contributed by atoms with E-state index in [-0.39, 0.29) is 6.61 Å². The van der Waals surface area contributed by atoms with Gasteiger partial charge in [0.2, 0.25) is 0 Å². The van der Waals surface area contributed by atoms with Crippen LogP contribution >= 0.6 is 0 Å². The van der Waals surface area contributed by atoms with Crippen molar-refractivity contribution in [3.05, 3.63) is 0 Å². The van der Waals surface area contributed by atoms with Crippen molar-refractivity contribution in [3.63, 3.8) is 0 Å². The third kappa shape index (κ3) is 5.96. The maximum atomic E-state index is 10.1. The van der Waals surface area contributed by atoms with E-state index in [0.29, 0.717) is 0 Å². The number of aliphatic hydroxyl groups excluding tert-OH is 1. The minimum Gasteiger partial charge on any atom is -0.390 e. The van der Waals surface area contributed by atoms with Gasteiger partial charge in [-0.15, -0.1) is 0 Å². The summed E-state index contributed by atoms with van der Waals surface area (Å²) in [5.41, 5.74) is 0. The molecule has 0 aromatic heterocycles. The molecule has 62 valence electrons. The van der Waals surface area contributed by atoms with Crippen LogP contribution in [-0.2, 0) is 14.9 Å². The number of ether oxygens (including phenoxy) is 1. The molecule has 6 heteroatoms. The molecule has 0 heterocycles. The molecule has 0 aliphatic heterocycles. The monoisotopic (exact) mass is 170 g/mol. The summed E-state index contributed by atoms with van der Waals surface area (Å²) in [6.45, 7) is -0.0974. The molecule has 10 heavy (non-hydrogen) atoms. The first-order chi connectivity index (χ1) is 4.45. The van der Waals surface area contributed by atoms with E-state index in [1.165, 1.54) is 7.11 Å². The zero-order chi connectivity index (χ0) is 8.20. The molecule has 0 radical (unpaired) electrons. The highest BCUT2D eigenvalue weighted by atomic mass is 32.2. The van der Waals surface area contributed by atoms with Crippen molar-refractivity contribution in [1.29, 1.82) is 0 Å². The Morgan fingerprint density at radius 1 is 1.60 bits per heavy atom. The molecule has 0 bridgehead atoms. The molecule has 2 N–H and O–H groups in total. The smallest absolute Gasteiger partial charge is 0.267 e. The molecule has 0 aliphatic rings. The molecular weight excluding hydrogens is 160 g/mol. The van der Waals surface area contributed by atoms with Crippen molar-refractivity contribution in [2.75, 3.05) is 19.5 Å². The Morgan fingerprint density at radius 2 is 2.10 bits per heavy atom. The van der Waals surface area contributed by atoms with Gasteiger partial charge in [-0.2, -0.15) is 8.42 Å². The SMILES string of the molecule is COC[C@@H](O)CS(=O)(=O)O. The first kappa shape index (κ1) is 9.83. The van der Waals surface area contributed by atoms with Gasteiger partial charge in [0.1, 0.15) is 5.75 Å². The van der Waals surface area contributed by atoms with Gasteiger partial charge >= 0.3 is 0 Å². The Balaban J connectivity index is 3.69. The quantitative estimate of drug-likeness (QED) is 0.522. The second kappa shape index (κ2) is 3.87. The Labute approximate surface area is 59.4 Å². The molecule has 5 nitrogen and oxygen atoms in total. The van der Waals surface area contributed by atoms with Crippen molar-refractivity contribution < 1.29 is 22.8 Å². The van der Waals surface area contributed by atoms with Crippen LogP contribution in [0, 0.1) is 0 Å². The summed E-state index contributed by atoms with van der Waals surface area (Å²) in [6.07, 6.45) is -1.15. The molecule has 0 saturated carbocycles. The molecule has 0 spiro atoms. The van der Waals surface area contributed by atoms with Gasteiger partial charge in [0.15, 0.2) is 0 Å². The van der Waals surface area contributed by atoms with Crippen molar-refractivity contribution >= 4 is 10.1 Å². The molecule has 0 aromatic rings. The molecule has 0 aromatic carbocycles. The van der Waals surface area contributed by atoms with Crippen molar-refractivity contribution in [2.45, 2.75) is 6.10 Å². The molecular formula is C4H10O5S. The predicted octanol–water partition coefficient (Wildman–Crippen LogP) is -1.12. The minimum absolute atomic E-state index is 0.0974. The summed E-state index contributed by atoms with van der Waals surface area (Å²) in [5, 5.41) is 8.72. The molecule has 0 unspecified atom stereocenters. The van der Waals surface area contributed by atoms with Crippen LogP contribution in [0.5, 0.6) is 0 Å². The van der Waals surface area contributed by atoms with Crippen LogP contribution in [0.1, 0.15) is 0 Å². The van der Waals surface area contributed by atoms with Crippen LogP contribution in [0.3, 0.4) is 0 Å². The summed E-state index contributed by atoms with van der Waals surface area (Å²) in [4.78, 5) is 0. The average Bonchev–Trinajstić information content (AvgIpc) is 1.59. The first-order valence-electron chi connectivity index (χ1n) is 2.58. The summed E-state index contributed by atoms with van der Waals surface area (Å²) in [7, 11) is -2.75. The van der Waals surface area contributed by atoms with Gasteiger partial charge in [0, 0.05) is 7.11 Å². The lowest BCUT2D eigenvalue weighted by molar-refractivity contribution is 0.0774. The van der Waals surface area contributed by atoms with Crippen molar-refractivity contribution in [1.82, 2.24) is 0 Å². The largest absolute Gasteiger partial charge is 0.390 e. The van der Waals surface area contributed by atoms with Gasteiger partial charge in [0.25, 0.3) is 10.1 Å². The molecule has 1 atom stereocenters. The van der Waals surface area contributed by atoms with Gasteiger partial charge in [-0.1, -0.05) is 0 Å². The molecule has 0 fully saturated rings. The fraction of sp³-hybridized carbons (Fsp3) is 1.00. The normalized spacial score (nSPS) is 15.1. The topological polar surface area (TPSA) is 83.8 Å². The number of rotatable bonds is 4. The second-order valence-electron chi connectivity index (χ2n) is 1.86. The minimum atomic E-state index is -4.08. The maximum absolute atomic E-state index is 10.1. The van der Waals surface area contributed by atoms with E-state index >= 15 is 0 Å². The van der Waals surface area contributed by atoms with E-state index in [2.05, 4.69) is 4.74 Å². The van der Waals surface area contributed by atoms with Gasteiger partial charge in [0.05, 0.1) is 12.7 Å². The predicted molar refractivity (Wildman–Crippen MR) is 34.3 cm³/mol. The van der Waals surface area contributed by atoms with E-state index in [1.54, 1.807) is 0 Å². The van der Waals surface area contributed by atoms with E-state index in [9.17, 15) is 8.42 Å². The lowest BCUT2D eigenvalue weighted by Crippen LogP contribution is -2.24. The fourth-order valence-electron chi connectivity index (χ4n) is 0.484. The lowest BCUT2D eigenvalue weighted by atomic mass is 10.4. The highest BCUT2D eigenvalue weighted by molar-refractivity contribution is 7.85. The highest BCUT2D eigenvalue weighted by Crippen LogP contribution is 1.89. The van der Waals surface area contributed by atoms with Crippen LogP contribution in [0.2, 0.25) is 0 Å². The highest BCUT2D eigenvalue weighted by Gasteiger charge is 2.12. The second-order valence-corrected chi connectivity index (χ2v) is 3.35. The standard InChI is InChI=1S/C4H10O5S/c1-9-2-4(5)3-10(6,7)8/h4-5H,2-3H2,1H3,(H,6,7,8)/t4-/m1/s1. The van der Waals surface area contributed by atoms with Crippen LogP contribution in [0.4, 0.5) is 0 Å². The number of hydrogen-bond donors (Lipinski definition) is 2. The van der Waals surface area contributed by atoms with Gasteiger partial charge < -0.3 is 9.84 Å². The Bertz CT molecular complexity index is 172. The van der Waals surface area contributed by atoms with Gasteiger partial charge in [-0.25, -0.2) is 0 Å². The Hall–Kier alpha value is -0.170. The van der Waals surface area contributed by atoms with Crippen molar-refractivity contribution in [3.8, 4) is 0 Å². The maximum Gasteiger partial charge on any atom is 0.267 e. The summed E-state index contributed by atoms with van der Waals surface area (Å²) in [6, 6.07) is 0. The zero-order valence-corrected chi connectivity index (χ0v) is 6.34.